The lowest BCUT2D eigenvalue weighted by molar-refractivity contribution is 0.127. The molecule has 0 aliphatic rings. The first-order valence-electron chi connectivity index (χ1n) is 3.38. The summed E-state index contributed by atoms with van der Waals surface area (Å²) in [6, 6.07) is 0. The fourth-order valence-electron chi connectivity index (χ4n) is 0.808. The molecule has 0 aliphatic heterocycles. The molecule has 0 aromatic carbocycles. The number of hydrogen-bond donors (Lipinski definition) is 2. The Morgan fingerprint density at radius 2 is 2.30 bits per heavy atom. The maximum Gasteiger partial charge on any atom is 0.0843 e. The molecular formula is C7H12N2O. The predicted octanol–water partition coefficient (Wildman–Crippen LogP) is 1.10. The molecule has 0 saturated carbocycles. The van der Waals surface area contributed by atoms with Crippen LogP contribution in [-0.4, -0.2) is 15.3 Å². The fraction of sp³-hybridized carbons (Fsp3) is 0.571. The Balaban J connectivity index is 2.68. The molecule has 2 N–H and O–H groups in total. The van der Waals surface area contributed by atoms with Crippen LogP contribution >= 0.6 is 0 Å². The van der Waals surface area contributed by atoms with Gasteiger partial charge < -0.3 is 5.11 Å². The number of nitrogens with zero attached hydrogens (tertiary/aromatic N) is 1. The molecule has 0 amide bonds. The zero-order chi connectivity index (χ0) is 7.56. The molecule has 3 heteroatoms. The SMILES string of the molecule is CC(C)C(O)c1cn[nH]c1. The molecule has 0 bridgehead atoms. The van der Waals surface area contributed by atoms with Crippen molar-refractivity contribution in [1.29, 1.82) is 0 Å². The van der Waals surface area contributed by atoms with Crippen LogP contribution in [0.4, 0.5) is 0 Å². The third kappa shape index (κ3) is 1.36. The van der Waals surface area contributed by atoms with E-state index in [-0.39, 0.29) is 5.92 Å². The number of aliphatic hydroxyl groups excluding tert-OH is 1. The first kappa shape index (κ1) is 7.28. The zero-order valence-electron chi connectivity index (χ0n) is 6.20. The maximum absolute atomic E-state index is 9.43. The lowest BCUT2D eigenvalue weighted by Crippen LogP contribution is -2.03. The maximum atomic E-state index is 9.43. The van der Waals surface area contributed by atoms with Gasteiger partial charge in [-0.15, -0.1) is 0 Å². The summed E-state index contributed by atoms with van der Waals surface area (Å²) in [5.74, 6) is 0.248. The van der Waals surface area contributed by atoms with E-state index in [0.29, 0.717) is 0 Å². The molecule has 1 heterocycles. The number of H-pyrrole nitrogens is 1. The minimum Gasteiger partial charge on any atom is -0.388 e. The van der Waals surface area contributed by atoms with Crippen LogP contribution in [0.2, 0.25) is 0 Å². The van der Waals surface area contributed by atoms with E-state index in [0.717, 1.165) is 5.56 Å². The molecular weight excluding hydrogens is 128 g/mol. The number of aromatic nitrogens is 2. The molecule has 1 unspecified atom stereocenters. The molecule has 0 fully saturated rings. The molecule has 10 heavy (non-hydrogen) atoms. The number of aliphatic hydroxyl groups is 1. The molecule has 3 nitrogen and oxygen atoms in total. The van der Waals surface area contributed by atoms with Crippen LogP contribution < -0.4 is 0 Å². The predicted molar refractivity (Wildman–Crippen MR) is 38.4 cm³/mol. The summed E-state index contributed by atoms with van der Waals surface area (Å²) in [6.45, 7) is 3.94. The van der Waals surface area contributed by atoms with Crippen molar-refractivity contribution in [3.05, 3.63) is 18.0 Å². The van der Waals surface area contributed by atoms with Crippen LogP contribution in [0.3, 0.4) is 0 Å². The van der Waals surface area contributed by atoms with Gasteiger partial charge in [0.05, 0.1) is 12.3 Å². The summed E-state index contributed by atoms with van der Waals surface area (Å²) in [5, 5.41) is 15.8. The molecule has 0 radical (unpaired) electrons. The van der Waals surface area contributed by atoms with E-state index in [4.69, 9.17) is 0 Å². The van der Waals surface area contributed by atoms with E-state index in [1.165, 1.54) is 0 Å². The van der Waals surface area contributed by atoms with E-state index in [1.54, 1.807) is 12.4 Å². The van der Waals surface area contributed by atoms with Gasteiger partial charge in [-0.1, -0.05) is 13.8 Å². The van der Waals surface area contributed by atoms with Crippen molar-refractivity contribution in [2.75, 3.05) is 0 Å². The molecule has 1 rings (SSSR count). The second-order valence-electron chi connectivity index (χ2n) is 2.72. The quantitative estimate of drug-likeness (QED) is 0.646. The van der Waals surface area contributed by atoms with Crippen molar-refractivity contribution in [2.45, 2.75) is 20.0 Å². The molecule has 0 saturated heterocycles. The van der Waals surface area contributed by atoms with Crippen molar-refractivity contribution in [2.24, 2.45) is 5.92 Å². The van der Waals surface area contributed by atoms with Crippen LogP contribution in [0.15, 0.2) is 12.4 Å². The smallest absolute Gasteiger partial charge is 0.0843 e. The zero-order valence-corrected chi connectivity index (χ0v) is 6.20. The van der Waals surface area contributed by atoms with Gasteiger partial charge in [0.2, 0.25) is 0 Å². The minimum absolute atomic E-state index is 0.248. The number of aromatic amines is 1. The standard InChI is InChI=1S/C7H12N2O/c1-5(2)7(10)6-3-8-9-4-6/h3-5,7,10H,1-2H3,(H,8,9). The Bertz CT molecular complexity index is 181. The first-order valence-corrected chi connectivity index (χ1v) is 3.38. The van der Waals surface area contributed by atoms with Crippen LogP contribution in [-0.2, 0) is 0 Å². The second-order valence-corrected chi connectivity index (χ2v) is 2.72. The third-order valence-corrected chi connectivity index (χ3v) is 1.49. The highest BCUT2D eigenvalue weighted by Gasteiger charge is 2.11. The molecule has 1 atom stereocenters. The lowest BCUT2D eigenvalue weighted by Gasteiger charge is -2.10. The fourth-order valence-corrected chi connectivity index (χ4v) is 0.808. The summed E-state index contributed by atoms with van der Waals surface area (Å²) in [6.07, 6.45) is 2.97. The lowest BCUT2D eigenvalue weighted by atomic mass is 10.0. The van der Waals surface area contributed by atoms with E-state index in [9.17, 15) is 5.11 Å². The number of nitrogens with one attached hydrogen (secondary N) is 1. The second kappa shape index (κ2) is 2.84. The first-order chi connectivity index (χ1) is 4.72. The molecule has 0 spiro atoms. The van der Waals surface area contributed by atoms with Crippen LogP contribution in [0.1, 0.15) is 25.5 Å². The van der Waals surface area contributed by atoms with E-state index in [2.05, 4.69) is 10.2 Å². The van der Waals surface area contributed by atoms with Crippen LogP contribution in [0.5, 0.6) is 0 Å². The van der Waals surface area contributed by atoms with Crippen LogP contribution in [0.25, 0.3) is 0 Å². The monoisotopic (exact) mass is 140 g/mol. The van der Waals surface area contributed by atoms with Gasteiger partial charge in [-0.25, -0.2) is 0 Å². The summed E-state index contributed by atoms with van der Waals surface area (Å²) in [7, 11) is 0. The minimum atomic E-state index is -0.390. The van der Waals surface area contributed by atoms with Crippen molar-refractivity contribution in [3.8, 4) is 0 Å². The number of hydrogen-bond acceptors (Lipinski definition) is 2. The van der Waals surface area contributed by atoms with E-state index >= 15 is 0 Å². The van der Waals surface area contributed by atoms with Gasteiger partial charge in [0.25, 0.3) is 0 Å². The summed E-state index contributed by atoms with van der Waals surface area (Å²) in [5.41, 5.74) is 0.856. The van der Waals surface area contributed by atoms with Gasteiger partial charge in [-0.3, -0.25) is 5.10 Å². The molecule has 56 valence electrons. The Morgan fingerprint density at radius 3 is 2.70 bits per heavy atom. The largest absolute Gasteiger partial charge is 0.388 e. The van der Waals surface area contributed by atoms with Gasteiger partial charge in [0, 0.05) is 11.8 Å². The normalized spacial score (nSPS) is 14.0. The molecule has 1 aromatic rings. The van der Waals surface area contributed by atoms with Crippen molar-refractivity contribution < 1.29 is 5.11 Å². The van der Waals surface area contributed by atoms with Crippen molar-refractivity contribution >= 4 is 0 Å². The topological polar surface area (TPSA) is 48.9 Å². The number of rotatable bonds is 2. The van der Waals surface area contributed by atoms with Crippen molar-refractivity contribution in [3.63, 3.8) is 0 Å². The van der Waals surface area contributed by atoms with Gasteiger partial charge in [0.15, 0.2) is 0 Å². The summed E-state index contributed by atoms with van der Waals surface area (Å²) >= 11 is 0. The average molecular weight is 140 g/mol. The Morgan fingerprint density at radius 1 is 1.60 bits per heavy atom. The summed E-state index contributed by atoms with van der Waals surface area (Å²) in [4.78, 5) is 0. The molecule has 1 aromatic heterocycles. The van der Waals surface area contributed by atoms with Crippen molar-refractivity contribution in [1.82, 2.24) is 10.2 Å². The summed E-state index contributed by atoms with van der Waals surface area (Å²) < 4.78 is 0. The Hall–Kier alpha value is -0.830. The van der Waals surface area contributed by atoms with Gasteiger partial charge in [-0.05, 0) is 5.92 Å². The van der Waals surface area contributed by atoms with E-state index < -0.39 is 6.10 Å². The highest BCUT2D eigenvalue weighted by atomic mass is 16.3. The third-order valence-electron chi connectivity index (χ3n) is 1.49. The van der Waals surface area contributed by atoms with Crippen LogP contribution in [0, 0.1) is 5.92 Å². The van der Waals surface area contributed by atoms with Gasteiger partial charge in [-0.2, -0.15) is 5.10 Å². The Labute approximate surface area is 60.1 Å². The van der Waals surface area contributed by atoms with Gasteiger partial charge in [0.1, 0.15) is 0 Å². The Kier molecular flexibility index (Phi) is 2.06. The van der Waals surface area contributed by atoms with E-state index in [1.807, 2.05) is 13.8 Å². The van der Waals surface area contributed by atoms with Gasteiger partial charge >= 0.3 is 0 Å². The average Bonchev–Trinajstić information content (AvgIpc) is 2.36. The molecule has 0 aliphatic carbocycles. The highest BCUT2D eigenvalue weighted by Crippen LogP contribution is 2.18. The highest BCUT2D eigenvalue weighted by molar-refractivity contribution is 5.06.